The molecule has 0 amide bonds. The minimum atomic E-state index is -8.90. The summed E-state index contributed by atoms with van der Waals surface area (Å²) in [6.07, 6.45) is -16.0. The highest BCUT2D eigenvalue weighted by Gasteiger charge is 3.00. The Morgan fingerprint density at radius 2 is 0.615 bits per heavy atom. The third kappa shape index (κ3) is 3.97. The van der Waals surface area contributed by atoms with E-state index in [2.05, 4.69) is 0 Å². The highest BCUT2D eigenvalue weighted by atomic mass is 19.4. The molecule has 0 radical (unpaired) electrons. The van der Waals surface area contributed by atoms with E-state index in [0.29, 0.717) is 0 Å². The van der Waals surface area contributed by atoms with E-state index < -0.39 is 76.8 Å². The second-order valence-corrected chi connectivity index (χ2v) is 7.08. The van der Waals surface area contributed by atoms with Crippen molar-refractivity contribution >= 4 is 0 Å². The van der Waals surface area contributed by atoms with Gasteiger partial charge in [-0.15, -0.1) is 0 Å². The lowest BCUT2D eigenvalue weighted by atomic mass is 9.95. The predicted molar refractivity (Wildman–Crippen MR) is 63.4 cm³/mol. The summed E-state index contributed by atoms with van der Waals surface area (Å²) in [6, 6.07) is -8.31. The lowest BCUT2D eigenvalue weighted by Gasteiger charge is -2.40. The molecule has 0 spiro atoms. The van der Waals surface area contributed by atoms with Crippen LogP contribution in [0, 0.1) is 0 Å². The molecule has 1 rings (SSSR count). The summed E-state index contributed by atoms with van der Waals surface area (Å²) in [4.78, 5) is 1.92. The lowest BCUT2D eigenvalue weighted by Crippen LogP contribution is -2.72. The Bertz CT molecular complexity index is 942. The van der Waals surface area contributed by atoms with Gasteiger partial charge in [-0.3, -0.25) is 0 Å². The Labute approximate surface area is 193 Å². The van der Waals surface area contributed by atoms with Gasteiger partial charge < -0.3 is 0 Å². The first-order valence-corrected chi connectivity index (χ1v) is 8.06. The predicted octanol–water partition coefficient (Wildman–Crippen LogP) is 7.66. The Balaban J connectivity index is 3.67. The molecular weight excluding hydrogens is 649 g/mol. The number of hydrogen-bond acceptors (Lipinski definition) is 2. The smallest absolute Gasteiger partial charge is 0.225 e. The molecule has 1 fully saturated rings. The molecule has 1 saturated heterocycles. The quantitative estimate of drug-likeness (QED) is 0.145. The summed E-state index contributed by atoms with van der Waals surface area (Å²) < 4.78 is 323. The van der Waals surface area contributed by atoms with Crippen LogP contribution in [0.3, 0.4) is 0 Å². The third-order valence-electron chi connectivity index (χ3n) is 4.54. The number of halogens is 25. The van der Waals surface area contributed by atoms with E-state index in [1.54, 1.807) is 0 Å². The lowest BCUT2D eigenvalue weighted by molar-refractivity contribution is -0.454. The highest BCUT2D eigenvalue weighted by molar-refractivity contribution is 5.15. The summed E-state index contributed by atoms with van der Waals surface area (Å²) >= 11 is 0. The van der Waals surface area contributed by atoms with Crippen LogP contribution in [0.2, 0.25) is 0 Å². The van der Waals surface area contributed by atoms with E-state index >= 15 is 0 Å². The van der Waals surface area contributed by atoms with Gasteiger partial charge >= 0.3 is 71.8 Å². The van der Waals surface area contributed by atoms with Gasteiger partial charge in [0, 0.05) is 0 Å². The van der Waals surface area contributed by atoms with E-state index in [1.807, 2.05) is 4.84 Å². The van der Waals surface area contributed by atoms with E-state index in [1.165, 1.54) is 0 Å². The van der Waals surface area contributed by atoms with Crippen molar-refractivity contribution < 1.29 is 115 Å². The van der Waals surface area contributed by atoms with Gasteiger partial charge in [0.1, 0.15) is 0 Å². The van der Waals surface area contributed by atoms with Gasteiger partial charge in [-0.05, 0) is 5.06 Å². The van der Waals surface area contributed by atoms with Gasteiger partial charge in [-0.2, -0.15) is 110 Å². The van der Waals surface area contributed by atoms with Gasteiger partial charge in [0.2, 0.25) is 0 Å². The first kappa shape index (κ1) is 35.2. The molecule has 0 aromatic heterocycles. The van der Waals surface area contributed by atoms with E-state index in [9.17, 15) is 110 Å². The van der Waals surface area contributed by atoms with E-state index in [0.717, 1.165) is 0 Å². The van der Waals surface area contributed by atoms with Crippen LogP contribution < -0.4 is 0 Å². The molecular formula is C12F25NO. The molecule has 1 aliphatic rings. The minimum Gasteiger partial charge on any atom is -0.225 e. The minimum absolute atomic E-state index is 1.92. The number of rotatable bonds is 9. The van der Waals surface area contributed by atoms with Crippen LogP contribution in [0.15, 0.2) is 0 Å². The van der Waals surface area contributed by atoms with Crippen molar-refractivity contribution in [1.82, 2.24) is 5.06 Å². The first-order valence-electron chi connectivity index (χ1n) is 8.06. The van der Waals surface area contributed by atoms with Crippen molar-refractivity contribution in [3.05, 3.63) is 0 Å². The van der Waals surface area contributed by atoms with E-state index in [4.69, 9.17) is 0 Å². The molecule has 0 aromatic carbocycles. The zero-order valence-electron chi connectivity index (χ0n) is 16.3. The summed E-state index contributed by atoms with van der Waals surface area (Å²) in [7, 11) is 0. The Morgan fingerprint density at radius 1 is 0.359 bits per heavy atom. The number of alkyl halides is 25. The Morgan fingerprint density at radius 3 is 0.897 bits per heavy atom. The topological polar surface area (TPSA) is 15.5 Å². The normalized spacial score (nSPS) is 23.8. The molecule has 1 aliphatic heterocycles. The van der Waals surface area contributed by atoms with Gasteiger partial charge in [0.05, 0.1) is 0 Å². The van der Waals surface area contributed by atoms with Crippen LogP contribution in [0.1, 0.15) is 0 Å². The summed E-state index contributed by atoms with van der Waals surface area (Å²) in [5.41, 5.74) is 0. The molecule has 234 valence electrons. The van der Waals surface area contributed by atoms with Crippen LogP contribution in [-0.2, 0) is 4.84 Å². The van der Waals surface area contributed by atoms with Gasteiger partial charge in [0.15, 0.2) is 0 Å². The molecule has 0 aliphatic carbocycles. The fourth-order valence-electron chi connectivity index (χ4n) is 2.18. The van der Waals surface area contributed by atoms with Gasteiger partial charge in [-0.1, -0.05) is 0 Å². The molecule has 1 unspecified atom stereocenters. The second kappa shape index (κ2) is 8.13. The van der Waals surface area contributed by atoms with Crippen molar-refractivity contribution in [3.63, 3.8) is 0 Å². The standard InChI is InChI=1S/C12F25NO/c13-1(14,5(21,22)9(29,30)31)3(17,18)7(25,26)11(35,36)38-12(37,39-38)8(27,28)4(19,20)2(15,16)6(23,24)10(32,33)34/t12-,38?/m1/s1. The van der Waals surface area contributed by atoms with Crippen LogP contribution in [0.5, 0.6) is 0 Å². The number of nitrogens with zero attached hydrogens (tertiary/aromatic N) is 1. The fraction of sp³-hybridized carbons (Fsp3) is 1.00. The second-order valence-electron chi connectivity index (χ2n) is 7.08. The molecule has 2 atom stereocenters. The Kier molecular flexibility index (Phi) is 7.34. The van der Waals surface area contributed by atoms with Crippen molar-refractivity contribution in [1.29, 1.82) is 0 Å². The SMILES string of the molecule is FC(F)(F)C(F)(F)C(F)(F)C(F)(F)C(F)(F)C(F)(F)N1O[C@@]1(F)C(F)(F)C(F)(F)C(F)(F)C(F)(F)C(F)(F)F. The zero-order chi connectivity index (χ0) is 32.3. The van der Waals surface area contributed by atoms with Crippen molar-refractivity contribution in [2.24, 2.45) is 0 Å². The van der Waals surface area contributed by atoms with Crippen molar-refractivity contribution in [3.8, 4) is 0 Å². The monoisotopic (exact) mass is 649 g/mol. The number of hydroxylamine groups is 2. The molecule has 2 nitrogen and oxygen atoms in total. The van der Waals surface area contributed by atoms with Gasteiger partial charge in [0.25, 0.3) is 0 Å². The average molecular weight is 649 g/mol. The molecule has 39 heavy (non-hydrogen) atoms. The third-order valence-corrected chi connectivity index (χ3v) is 4.54. The molecule has 1 heterocycles. The molecule has 0 aromatic rings. The van der Waals surface area contributed by atoms with Crippen molar-refractivity contribution in [2.75, 3.05) is 0 Å². The van der Waals surface area contributed by atoms with Crippen LogP contribution in [0.25, 0.3) is 0 Å². The maximum absolute atomic E-state index is 13.8. The molecule has 0 N–H and O–H groups in total. The molecule has 27 heteroatoms. The molecule has 0 bridgehead atoms. The Hall–Kier alpha value is -1.83. The first-order chi connectivity index (χ1) is 16.3. The van der Waals surface area contributed by atoms with Crippen molar-refractivity contribution in [2.45, 2.75) is 71.8 Å². The number of hydrogen-bond donors (Lipinski definition) is 0. The summed E-state index contributed by atoms with van der Waals surface area (Å²) in [5, 5.41) is -3.79. The molecule has 0 saturated carbocycles. The zero-order valence-corrected chi connectivity index (χ0v) is 16.3. The van der Waals surface area contributed by atoms with Crippen LogP contribution >= 0.6 is 0 Å². The maximum Gasteiger partial charge on any atom is 0.460 e. The highest BCUT2D eigenvalue weighted by Crippen LogP contribution is 2.68. The van der Waals surface area contributed by atoms with Crippen LogP contribution in [0.4, 0.5) is 110 Å². The largest absolute Gasteiger partial charge is 0.460 e. The maximum atomic E-state index is 13.8. The average Bonchev–Trinajstić information content (AvgIpc) is 3.39. The van der Waals surface area contributed by atoms with E-state index in [-0.39, 0.29) is 0 Å². The van der Waals surface area contributed by atoms with Crippen LogP contribution in [-0.4, -0.2) is 76.8 Å². The fourth-order valence-corrected chi connectivity index (χ4v) is 2.18. The summed E-state index contributed by atoms with van der Waals surface area (Å²) in [5.74, 6) is -76.4. The van der Waals surface area contributed by atoms with Gasteiger partial charge in [-0.25, -0.2) is 4.84 Å². The summed E-state index contributed by atoms with van der Waals surface area (Å²) in [6.45, 7) is 0.